The molecule has 1 aliphatic heterocycles. The molecule has 0 spiro atoms. The summed E-state index contributed by atoms with van der Waals surface area (Å²) >= 11 is 0. The number of hydrogen-bond acceptors (Lipinski definition) is 3. The van der Waals surface area contributed by atoms with Crippen LogP contribution in [0.25, 0.3) is 0 Å². The van der Waals surface area contributed by atoms with Crippen LogP contribution in [0, 0.1) is 5.92 Å². The second-order valence-corrected chi connectivity index (χ2v) is 6.05. The van der Waals surface area contributed by atoms with E-state index in [1.54, 1.807) is 0 Å². The lowest BCUT2D eigenvalue weighted by Gasteiger charge is -2.21. The van der Waals surface area contributed by atoms with Crippen LogP contribution >= 0.6 is 12.4 Å². The second-order valence-electron chi connectivity index (χ2n) is 6.05. The summed E-state index contributed by atoms with van der Waals surface area (Å²) < 4.78 is 0. The van der Waals surface area contributed by atoms with Crippen LogP contribution in [-0.2, 0) is 11.3 Å². The van der Waals surface area contributed by atoms with Gasteiger partial charge in [-0.1, -0.05) is 25.5 Å². The van der Waals surface area contributed by atoms with Gasteiger partial charge in [0.05, 0.1) is 0 Å². The monoisotopic (exact) mass is 353 g/mol. The largest absolute Gasteiger partial charge is 0.352 e. The van der Waals surface area contributed by atoms with Gasteiger partial charge >= 0.3 is 0 Å². The number of piperidine rings is 1. The molecule has 5 nitrogen and oxygen atoms in total. The first kappa shape index (κ1) is 20.5. The molecule has 6 heteroatoms. The summed E-state index contributed by atoms with van der Waals surface area (Å²) in [6.45, 7) is 5.16. The first-order chi connectivity index (χ1) is 11.2. The topological polar surface area (TPSA) is 70.2 Å². The average Bonchev–Trinajstić information content (AvgIpc) is 2.61. The van der Waals surface area contributed by atoms with Crippen molar-refractivity contribution in [3.05, 3.63) is 35.4 Å². The predicted molar refractivity (Wildman–Crippen MR) is 98.4 cm³/mol. The Hall–Kier alpha value is -1.59. The van der Waals surface area contributed by atoms with Crippen molar-refractivity contribution >= 4 is 24.2 Å². The fraction of sp³-hybridized carbons (Fsp3) is 0.556. The number of hydrogen-bond donors (Lipinski definition) is 3. The summed E-state index contributed by atoms with van der Waals surface area (Å²) in [5.41, 5.74) is 1.67. The number of carbonyl (C=O) groups excluding carboxylic acids is 2. The Bertz CT molecular complexity index is 514. The Balaban J connectivity index is 0.00000288. The van der Waals surface area contributed by atoms with Crippen molar-refractivity contribution in [2.24, 2.45) is 5.92 Å². The van der Waals surface area contributed by atoms with Crippen LogP contribution < -0.4 is 16.0 Å². The van der Waals surface area contributed by atoms with Crippen molar-refractivity contribution in [1.29, 1.82) is 0 Å². The van der Waals surface area contributed by atoms with Gasteiger partial charge in [0.1, 0.15) is 0 Å². The zero-order valence-electron chi connectivity index (χ0n) is 14.3. The van der Waals surface area contributed by atoms with E-state index in [-0.39, 0.29) is 30.1 Å². The molecule has 1 aromatic carbocycles. The number of unbranched alkanes of at least 4 members (excludes halogenated alkanes) is 1. The number of rotatable bonds is 7. The molecule has 3 N–H and O–H groups in total. The Labute approximate surface area is 150 Å². The number of amides is 2. The molecule has 0 atom stereocenters. The zero-order chi connectivity index (χ0) is 16.5. The van der Waals surface area contributed by atoms with E-state index in [4.69, 9.17) is 0 Å². The maximum Gasteiger partial charge on any atom is 0.251 e. The summed E-state index contributed by atoms with van der Waals surface area (Å²) in [6.07, 6.45) is 3.87. The smallest absolute Gasteiger partial charge is 0.251 e. The summed E-state index contributed by atoms with van der Waals surface area (Å²) in [7, 11) is 0. The Morgan fingerprint density at radius 2 is 1.79 bits per heavy atom. The van der Waals surface area contributed by atoms with Crippen molar-refractivity contribution in [1.82, 2.24) is 16.0 Å². The van der Waals surface area contributed by atoms with E-state index in [9.17, 15) is 9.59 Å². The molecule has 1 saturated heterocycles. The number of nitrogens with one attached hydrogen (secondary N) is 3. The quantitative estimate of drug-likeness (QED) is 0.658. The van der Waals surface area contributed by atoms with Gasteiger partial charge in [-0.2, -0.15) is 0 Å². The Kier molecular flexibility index (Phi) is 9.42. The fourth-order valence-corrected chi connectivity index (χ4v) is 2.67. The standard InChI is InChI=1S/C18H27N3O2.ClH/c1-2-3-10-20-17(22)15-6-4-14(5-7-15)13-21-18(23)16-8-11-19-12-9-16;/h4-7,16,19H,2-3,8-13H2,1H3,(H,20,22)(H,21,23);1H. The lowest BCUT2D eigenvalue weighted by molar-refractivity contribution is -0.125. The van der Waals surface area contributed by atoms with E-state index in [2.05, 4.69) is 22.9 Å². The molecule has 134 valence electrons. The van der Waals surface area contributed by atoms with E-state index < -0.39 is 0 Å². The number of halogens is 1. The molecule has 2 amide bonds. The van der Waals surface area contributed by atoms with Crippen molar-refractivity contribution in [3.8, 4) is 0 Å². The molecule has 24 heavy (non-hydrogen) atoms. The minimum absolute atomic E-state index is 0. The van der Waals surface area contributed by atoms with Crippen molar-refractivity contribution in [2.45, 2.75) is 39.2 Å². The molecular formula is C18H28ClN3O2. The third kappa shape index (κ3) is 6.49. The van der Waals surface area contributed by atoms with Crippen molar-refractivity contribution < 1.29 is 9.59 Å². The second kappa shape index (κ2) is 11.0. The van der Waals surface area contributed by atoms with Crippen LogP contribution in [-0.4, -0.2) is 31.4 Å². The highest BCUT2D eigenvalue weighted by Gasteiger charge is 2.20. The van der Waals surface area contributed by atoms with E-state index in [0.717, 1.165) is 44.3 Å². The minimum atomic E-state index is -0.0382. The van der Waals surface area contributed by atoms with Crippen LogP contribution in [0.4, 0.5) is 0 Å². The number of benzene rings is 1. The molecule has 1 aliphatic rings. The number of carbonyl (C=O) groups is 2. The molecule has 1 heterocycles. The Morgan fingerprint density at radius 1 is 1.12 bits per heavy atom. The van der Waals surface area contributed by atoms with E-state index in [0.29, 0.717) is 18.7 Å². The van der Waals surface area contributed by atoms with E-state index in [1.807, 2.05) is 24.3 Å². The first-order valence-corrected chi connectivity index (χ1v) is 8.56. The van der Waals surface area contributed by atoms with Crippen LogP contribution in [0.2, 0.25) is 0 Å². The van der Waals surface area contributed by atoms with E-state index in [1.165, 1.54) is 0 Å². The summed E-state index contributed by atoms with van der Waals surface area (Å²) in [5, 5.41) is 9.15. The van der Waals surface area contributed by atoms with Crippen LogP contribution in [0.15, 0.2) is 24.3 Å². The summed E-state index contributed by atoms with van der Waals surface area (Å²) in [4.78, 5) is 24.0. The maximum atomic E-state index is 12.1. The Morgan fingerprint density at radius 3 is 2.42 bits per heavy atom. The van der Waals surface area contributed by atoms with Gasteiger partial charge in [0, 0.05) is 24.6 Å². The fourth-order valence-electron chi connectivity index (χ4n) is 2.67. The normalized spacial score (nSPS) is 14.5. The SMILES string of the molecule is CCCCNC(=O)c1ccc(CNC(=O)C2CCNCC2)cc1.Cl. The highest BCUT2D eigenvalue weighted by Crippen LogP contribution is 2.12. The lowest BCUT2D eigenvalue weighted by atomic mass is 9.97. The molecule has 2 rings (SSSR count). The summed E-state index contributed by atoms with van der Waals surface area (Å²) in [6, 6.07) is 7.43. The maximum absolute atomic E-state index is 12.1. The van der Waals surface area contributed by atoms with Gasteiger partial charge < -0.3 is 16.0 Å². The molecule has 0 radical (unpaired) electrons. The molecule has 0 saturated carbocycles. The predicted octanol–water partition coefficient (Wildman–Crippen LogP) is 2.25. The molecule has 0 bridgehead atoms. The van der Waals surface area contributed by atoms with Gasteiger partial charge in [0.25, 0.3) is 5.91 Å². The third-order valence-electron chi connectivity index (χ3n) is 4.21. The van der Waals surface area contributed by atoms with Gasteiger partial charge in [0.2, 0.25) is 5.91 Å². The molecule has 0 unspecified atom stereocenters. The van der Waals surface area contributed by atoms with Crippen molar-refractivity contribution in [2.75, 3.05) is 19.6 Å². The van der Waals surface area contributed by atoms with Crippen molar-refractivity contribution in [3.63, 3.8) is 0 Å². The van der Waals surface area contributed by atoms with Gasteiger partial charge in [-0.05, 0) is 50.0 Å². The highest BCUT2D eigenvalue weighted by molar-refractivity contribution is 5.94. The molecule has 1 fully saturated rings. The van der Waals surface area contributed by atoms with Gasteiger partial charge in [0.15, 0.2) is 0 Å². The van der Waals surface area contributed by atoms with Crippen LogP contribution in [0.3, 0.4) is 0 Å². The summed E-state index contributed by atoms with van der Waals surface area (Å²) in [5.74, 6) is 0.219. The molecule has 1 aromatic rings. The molecule has 0 aliphatic carbocycles. The molecular weight excluding hydrogens is 326 g/mol. The minimum Gasteiger partial charge on any atom is -0.352 e. The average molecular weight is 354 g/mol. The lowest BCUT2D eigenvalue weighted by Crippen LogP contribution is -2.37. The van der Waals surface area contributed by atoms with Gasteiger partial charge in [-0.3, -0.25) is 9.59 Å². The highest BCUT2D eigenvalue weighted by atomic mass is 35.5. The van der Waals surface area contributed by atoms with Gasteiger partial charge in [-0.15, -0.1) is 12.4 Å². The van der Waals surface area contributed by atoms with Crippen LogP contribution in [0.1, 0.15) is 48.5 Å². The third-order valence-corrected chi connectivity index (χ3v) is 4.21. The van der Waals surface area contributed by atoms with E-state index >= 15 is 0 Å². The molecule has 0 aromatic heterocycles. The van der Waals surface area contributed by atoms with Crippen LogP contribution in [0.5, 0.6) is 0 Å². The first-order valence-electron chi connectivity index (χ1n) is 8.56. The van der Waals surface area contributed by atoms with Gasteiger partial charge in [-0.25, -0.2) is 0 Å². The zero-order valence-corrected chi connectivity index (χ0v) is 15.1.